The molecule has 3 aromatic rings. The molecule has 2 N–H and O–H groups in total. The quantitative estimate of drug-likeness (QED) is 0.501. The van der Waals surface area contributed by atoms with E-state index in [9.17, 15) is 9.59 Å². The molecule has 0 fully saturated rings. The van der Waals surface area contributed by atoms with Gasteiger partial charge < -0.3 is 15.5 Å². The molecule has 0 aliphatic carbocycles. The zero-order chi connectivity index (χ0) is 22.7. The molecule has 3 aromatic carbocycles. The van der Waals surface area contributed by atoms with Crippen LogP contribution in [-0.2, 0) is 13.0 Å². The highest BCUT2D eigenvalue weighted by atomic mass is 79.9. The molecule has 0 bridgehead atoms. The van der Waals surface area contributed by atoms with Gasteiger partial charge in [-0.2, -0.15) is 0 Å². The van der Waals surface area contributed by atoms with Crippen LogP contribution in [0.2, 0.25) is 0 Å². The minimum absolute atomic E-state index is 0.0101. The van der Waals surface area contributed by atoms with E-state index < -0.39 is 0 Å². The molecule has 0 saturated heterocycles. The van der Waals surface area contributed by atoms with Crippen molar-refractivity contribution in [2.45, 2.75) is 32.9 Å². The number of benzene rings is 3. The molecule has 4 rings (SSSR count). The molecule has 1 aliphatic rings. The molecule has 0 spiro atoms. The van der Waals surface area contributed by atoms with Crippen molar-refractivity contribution in [3.63, 3.8) is 0 Å². The summed E-state index contributed by atoms with van der Waals surface area (Å²) in [4.78, 5) is 28.1. The van der Waals surface area contributed by atoms with Crippen molar-refractivity contribution in [1.82, 2.24) is 5.32 Å². The summed E-state index contributed by atoms with van der Waals surface area (Å²) >= 11 is 3.42. The average Bonchev–Trinajstić information content (AvgIpc) is 2.78. The second-order valence-electron chi connectivity index (χ2n) is 8.23. The van der Waals surface area contributed by atoms with Gasteiger partial charge in [0.1, 0.15) is 0 Å². The van der Waals surface area contributed by atoms with Crippen LogP contribution in [0.4, 0.5) is 11.4 Å². The van der Waals surface area contributed by atoms with E-state index in [1.807, 2.05) is 44.2 Å². The maximum atomic E-state index is 13.1. The number of carbonyl (C=O) groups is 2. The van der Waals surface area contributed by atoms with Gasteiger partial charge in [0, 0.05) is 35.0 Å². The van der Waals surface area contributed by atoms with E-state index in [0.717, 1.165) is 29.7 Å². The summed E-state index contributed by atoms with van der Waals surface area (Å²) in [6.07, 6.45) is 0.932. The van der Waals surface area contributed by atoms with Crippen LogP contribution in [0, 0.1) is 0 Å². The molecule has 1 aliphatic heterocycles. The molecule has 0 aromatic heterocycles. The fourth-order valence-electron chi connectivity index (χ4n) is 3.96. The van der Waals surface area contributed by atoms with Gasteiger partial charge in [-0.05, 0) is 77.7 Å². The predicted molar refractivity (Wildman–Crippen MR) is 132 cm³/mol. The summed E-state index contributed by atoms with van der Waals surface area (Å²) in [7, 11) is 0. The van der Waals surface area contributed by atoms with Crippen molar-refractivity contribution < 1.29 is 9.59 Å². The van der Waals surface area contributed by atoms with Gasteiger partial charge in [-0.1, -0.05) is 36.4 Å². The average molecular weight is 492 g/mol. The van der Waals surface area contributed by atoms with Crippen molar-refractivity contribution in [2.75, 3.05) is 16.8 Å². The molecule has 1 heterocycles. The topological polar surface area (TPSA) is 61.4 Å². The molecular formula is C26H26BrN3O2. The van der Waals surface area contributed by atoms with Gasteiger partial charge in [-0.25, -0.2) is 0 Å². The van der Waals surface area contributed by atoms with E-state index in [1.165, 1.54) is 11.1 Å². The van der Waals surface area contributed by atoms with Gasteiger partial charge in [0.25, 0.3) is 11.8 Å². The molecule has 6 heteroatoms. The number of anilines is 2. The van der Waals surface area contributed by atoms with E-state index >= 15 is 0 Å². The SMILES string of the molecule is CC(C)NC(=O)c1cc(NC(=O)c2ccccc2Br)ccc1N1CCc2ccccc2C1. The standard InChI is InChI=1S/C26H26BrN3O2/c1-17(2)28-26(32)22-15-20(29-25(31)21-9-5-6-10-23(21)27)11-12-24(22)30-14-13-18-7-3-4-8-19(18)16-30/h3-12,15,17H,13-14,16H2,1-2H3,(H,28,32)(H,29,31). The van der Waals surface area contributed by atoms with Crippen molar-refractivity contribution in [3.05, 3.63) is 93.5 Å². The lowest BCUT2D eigenvalue weighted by Crippen LogP contribution is -2.35. The van der Waals surface area contributed by atoms with E-state index in [0.29, 0.717) is 16.8 Å². The van der Waals surface area contributed by atoms with Gasteiger partial charge in [0.05, 0.1) is 11.1 Å². The molecule has 164 valence electrons. The van der Waals surface area contributed by atoms with Crippen molar-refractivity contribution in [2.24, 2.45) is 0 Å². The third-order valence-corrected chi connectivity index (χ3v) is 6.20. The number of fused-ring (bicyclic) bond motifs is 1. The van der Waals surface area contributed by atoms with Gasteiger partial charge in [-0.15, -0.1) is 0 Å². The second-order valence-corrected chi connectivity index (χ2v) is 9.09. The Morgan fingerprint density at radius 2 is 1.62 bits per heavy atom. The fourth-order valence-corrected chi connectivity index (χ4v) is 4.42. The number of hydrogen-bond donors (Lipinski definition) is 2. The highest BCUT2D eigenvalue weighted by Gasteiger charge is 2.22. The van der Waals surface area contributed by atoms with E-state index in [4.69, 9.17) is 0 Å². The number of rotatable bonds is 5. The summed E-state index contributed by atoms with van der Waals surface area (Å²) < 4.78 is 0.721. The number of carbonyl (C=O) groups excluding carboxylic acids is 2. The molecule has 2 amide bonds. The predicted octanol–water partition coefficient (Wildman–Crippen LogP) is 5.40. The van der Waals surface area contributed by atoms with E-state index in [1.54, 1.807) is 12.1 Å². The minimum Gasteiger partial charge on any atom is -0.366 e. The van der Waals surface area contributed by atoms with Crippen LogP contribution in [0.5, 0.6) is 0 Å². The lowest BCUT2D eigenvalue weighted by molar-refractivity contribution is 0.0942. The van der Waals surface area contributed by atoms with Crippen LogP contribution in [0.3, 0.4) is 0 Å². The molecule has 5 nitrogen and oxygen atoms in total. The maximum absolute atomic E-state index is 13.1. The van der Waals surface area contributed by atoms with Crippen molar-refractivity contribution in [1.29, 1.82) is 0 Å². The van der Waals surface area contributed by atoms with Crippen LogP contribution >= 0.6 is 15.9 Å². The van der Waals surface area contributed by atoms with Gasteiger partial charge >= 0.3 is 0 Å². The first-order valence-corrected chi connectivity index (χ1v) is 11.5. The first-order chi connectivity index (χ1) is 15.4. The summed E-state index contributed by atoms with van der Waals surface area (Å²) in [6.45, 7) is 5.46. The van der Waals surface area contributed by atoms with E-state index in [-0.39, 0.29) is 17.9 Å². The lowest BCUT2D eigenvalue weighted by atomic mass is 9.98. The third-order valence-electron chi connectivity index (χ3n) is 5.51. The van der Waals surface area contributed by atoms with Gasteiger partial charge in [0.2, 0.25) is 0 Å². The Labute approximate surface area is 197 Å². The third kappa shape index (κ3) is 4.86. The molecule has 0 radical (unpaired) electrons. The first-order valence-electron chi connectivity index (χ1n) is 10.7. The van der Waals surface area contributed by atoms with Crippen LogP contribution in [0.1, 0.15) is 45.7 Å². The number of nitrogens with zero attached hydrogens (tertiary/aromatic N) is 1. The Morgan fingerprint density at radius 3 is 2.38 bits per heavy atom. The Bertz CT molecular complexity index is 1160. The second kappa shape index (κ2) is 9.57. The fraction of sp³-hybridized carbons (Fsp3) is 0.231. The Morgan fingerprint density at radius 1 is 0.906 bits per heavy atom. The normalized spacial score (nSPS) is 12.9. The Kier molecular flexibility index (Phi) is 6.61. The number of hydrogen-bond acceptors (Lipinski definition) is 3. The van der Waals surface area contributed by atoms with Gasteiger partial charge in [0.15, 0.2) is 0 Å². The molecule has 32 heavy (non-hydrogen) atoms. The van der Waals surface area contributed by atoms with Crippen molar-refractivity contribution in [3.8, 4) is 0 Å². The number of amides is 2. The van der Waals surface area contributed by atoms with Crippen LogP contribution < -0.4 is 15.5 Å². The maximum Gasteiger partial charge on any atom is 0.256 e. The smallest absolute Gasteiger partial charge is 0.256 e. The number of halogens is 1. The largest absolute Gasteiger partial charge is 0.366 e. The molecular weight excluding hydrogens is 466 g/mol. The monoisotopic (exact) mass is 491 g/mol. The first kappa shape index (κ1) is 22.1. The lowest BCUT2D eigenvalue weighted by Gasteiger charge is -2.32. The Balaban J connectivity index is 1.64. The summed E-state index contributed by atoms with van der Waals surface area (Å²) in [5.74, 6) is -0.377. The van der Waals surface area contributed by atoms with Crippen LogP contribution in [0.25, 0.3) is 0 Å². The molecule has 0 unspecified atom stereocenters. The molecule has 0 atom stereocenters. The zero-order valence-corrected chi connectivity index (χ0v) is 19.8. The molecule has 0 saturated carbocycles. The summed E-state index contributed by atoms with van der Waals surface area (Å²) in [5, 5.41) is 5.92. The summed E-state index contributed by atoms with van der Waals surface area (Å²) in [5.41, 5.74) is 5.19. The summed E-state index contributed by atoms with van der Waals surface area (Å²) in [6, 6.07) is 21.3. The Hall–Kier alpha value is -3.12. The number of nitrogens with one attached hydrogen (secondary N) is 2. The van der Waals surface area contributed by atoms with E-state index in [2.05, 4.69) is 55.7 Å². The van der Waals surface area contributed by atoms with Crippen LogP contribution in [-0.4, -0.2) is 24.4 Å². The minimum atomic E-state index is -0.229. The zero-order valence-electron chi connectivity index (χ0n) is 18.2. The highest BCUT2D eigenvalue weighted by molar-refractivity contribution is 9.10. The van der Waals surface area contributed by atoms with Crippen molar-refractivity contribution >= 4 is 39.1 Å². The van der Waals surface area contributed by atoms with Crippen LogP contribution in [0.15, 0.2) is 71.2 Å². The van der Waals surface area contributed by atoms with Gasteiger partial charge in [-0.3, -0.25) is 9.59 Å². The highest BCUT2D eigenvalue weighted by Crippen LogP contribution is 2.30.